The molecule has 0 N–H and O–H groups in total. The van der Waals surface area contributed by atoms with Crippen molar-refractivity contribution in [2.24, 2.45) is 0 Å². The minimum absolute atomic E-state index is 0. The molecule has 0 aliphatic carbocycles. The Morgan fingerprint density at radius 1 is 0.357 bits per heavy atom. The van der Waals surface area contributed by atoms with Crippen molar-refractivity contribution in [3.63, 3.8) is 0 Å². The molecule has 0 saturated heterocycles. The van der Waals surface area contributed by atoms with Gasteiger partial charge in [-0.3, -0.25) is 8.42 Å². The summed E-state index contributed by atoms with van der Waals surface area (Å²) >= 11 is 0. The largest absolute Gasteiger partial charge is 1.00 e. The summed E-state index contributed by atoms with van der Waals surface area (Å²) in [5.41, 5.74) is 0. The fraction of sp³-hybridized carbons (Fsp3) is 1.00. The number of hydrogen-bond donors (Lipinski definition) is 0. The zero-order valence-electron chi connectivity index (χ0n) is 29.1. The Kier molecular flexibility index (Phi) is 54.2. The van der Waals surface area contributed by atoms with Crippen molar-refractivity contribution in [3.05, 3.63) is 0 Å². The molecule has 0 aromatic heterocycles. The van der Waals surface area contributed by atoms with Crippen LogP contribution in [0.3, 0.4) is 0 Å². The number of rotatable bonds is 32. The Morgan fingerprint density at radius 3 is 0.667 bits per heavy atom. The molecular weight excluding hydrogens is 566 g/mol. The summed E-state index contributed by atoms with van der Waals surface area (Å²) in [5, 5.41) is 0. The van der Waals surface area contributed by atoms with E-state index in [9.17, 15) is 0 Å². The van der Waals surface area contributed by atoms with Crippen molar-refractivity contribution in [3.8, 4) is 0 Å². The van der Waals surface area contributed by atoms with Crippen LogP contribution in [0.25, 0.3) is 0 Å². The first kappa shape index (κ1) is 50.7. The third-order valence-corrected chi connectivity index (χ3v) is 7.78. The Hall–Kier alpha value is 1.83. The third kappa shape index (κ3) is 60.9. The van der Waals surface area contributed by atoms with Crippen LogP contribution < -0.4 is 59.1 Å². The van der Waals surface area contributed by atoms with E-state index in [1.54, 1.807) is 0 Å². The Bertz CT molecular complexity index is 510. The molecule has 42 heavy (non-hydrogen) atoms. The van der Waals surface area contributed by atoms with E-state index in [0.29, 0.717) is 0 Å². The van der Waals surface area contributed by atoms with Gasteiger partial charge < -0.3 is 13.8 Å². The van der Waals surface area contributed by atoms with E-state index < -0.39 is 10.4 Å². The molecule has 0 fully saturated rings. The molecule has 244 valence electrons. The molecule has 0 rings (SSSR count). The maximum absolute atomic E-state index is 8.52. The van der Waals surface area contributed by atoms with Crippen LogP contribution in [0.1, 0.15) is 206 Å². The predicted octanol–water partition coefficient (Wildman–Crippen LogP) is 5.42. The minimum atomic E-state index is -5.17. The van der Waals surface area contributed by atoms with E-state index in [1.165, 1.54) is 193 Å². The van der Waals surface area contributed by atoms with E-state index in [4.69, 9.17) is 22.3 Å². The van der Waals surface area contributed by atoms with Gasteiger partial charge >= 0.3 is 59.1 Å². The SMILES string of the molecule is CCCCCCCCCCCCCCCCCOCCCCCCCCCCCCCCCCC.O=S(=O)([O-])[O-].[Na+].[Na+]. The molecule has 0 aliphatic rings. The predicted molar refractivity (Wildman–Crippen MR) is 171 cm³/mol. The summed E-state index contributed by atoms with van der Waals surface area (Å²) in [5.74, 6) is 0. The van der Waals surface area contributed by atoms with Crippen LogP contribution >= 0.6 is 0 Å². The third-order valence-electron chi connectivity index (χ3n) is 7.78. The van der Waals surface area contributed by atoms with Crippen LogP contribution in [0.15, 0.2) is 0 Å². The summed E-state index contributed by atoms with van der Waals surface area (Å²) in [6.45, 7) is 6.60. The topological polar surface area (TPSA) is 89.5 Å². The molecule has 0 bridgehead atoms. The molecule has 5 nitrogen and oxygen atoms in total. The van der Waals surface area contributed by atoms with Crippen LogP contribution in [0.2, 0.25) is 0 Å². The average molecular weight is 637 g/mol. The Morgan fingerprint density at radius 2 is 0.500 bits per heavy atom. The molecule has 0 atom stereocenters. The van der Waals surface area contributed by atoms with Gasteiger partial charge in [0.25, 0.3) is 0 Å². The van der Waals surface area contributed by atoms with Crippen molar-refractivity contribution in [1.82, 2.24) is 0 Å². The minimum Gasteiger partial charge on any atom is -0.759 e. The van der Waals surface area contributed by atoms with E-state index in [2.05, 4.69) is 13.8 Å². The second-order valence-corrected chi connectivity index (χ2v) is 12.7. The van der Waals surface area contributed by atoms with Crippen LogP contribution in [0.4, 0.5) is 0 Å². The van der Waals surface area contributed by atoms with Crippen molar-refractivity contribution in [2.75, 3.05) is 13.2 Å². The smallest absolute Gasteiger partial charge is 0.759 e. The van der Waals surface area contributed by atoms with E-state index in [1.807, 2.05) is 0 Å². The summed E-state index contributed by atoms with van der Waals surface area (Å²) in [6, 6.07) is 0. The van der Waals surface area contributed by atoms with Crippen LogP contribution in [0, 0.1) is 0 Å². The van der Waals surface area contributed by atoms with Crippen molar-refractivity contribution < 1.29 is 81.4 Å². The van der Waals surface area contributed by atoms with Gasteiger partial charge in [-0.25, -0.2) is 0 Å². The van der Waals surface area contributed by atoms with Gasteiger partial charge in [0.1, 0.15) is 0 Å². The molecule has 0 unspecified atom stereocenters. The summed E-state index contributed by atoms with van der Waals surface area (Å²) in [4.78, 5) is 0. The van der Waals surface area contributed by atoms with E-state index >= 15 is 0 Å². The van der Waals surface area contributed by atoms with Crippen LogP contribution in [0.5, 0.6) is 0 Å². The Balaban J connectivity index is -0.000000943. The first-order valence-corrected chi connectivity index (χ1v) is 19.0. The average Bonchev–Trinajstić information content (AvgIpc) is 2.91. The zero-order chi connectivity index (χ0) is 29.8. The molecule has 0 aromatic rings. The van der Waals surface area contributed by atoms with Crippen LogP contribution in [-0.4, -0.2) is 30.7 Å². The van der Waals surface area contributed by atoms with Gasteiger partial charge in [-0.1, -0.05) is 194 Å². The maximum atomic E-state index is 8.52. The fourth-order valence-electron chi connectivity index (χ4n) is 5.25. The second-order valence-electron chi connectivity index (χ2n) is 11.9. The van der Waals surface area contributed by atoms with Crippen molar-refractivity contribution >= 4 is 10.4 Å². The quantitative estimate of drug-likeness (QED) is 0.0426. The summed E-state index contributed by atoms with van der Waals surface area (Å²) in [6.07, 6.45) is 43.0. The van der Waals surface area contributed by atoms with Crippen LogP contribution in [-0.2, 0) is 15.1 Å². The first-order chi connectivity index (χ1) is 19.4. The number of unbranched alkanes of at least 4 members (excludes halogenated alkanes) is 28. The van der Waals surface area contributed by atoms with Crippen molar-refractivity contribution in [1.29, 1.82) is 0 Å². The summed E-state index contributed by atoms with van der Waals surface area (Å²) < 4.78 is 39.9. The van der Waals surface area contributed by atoms with Gasteiger partial charge in [0.05, 0.1) is 0 Å². The molecule has 0 radical (unpaired) electrons. The molecule has 0 amide bonds. The van der Waals surface area contributed by atoms with E-state index in [-0.39, 0.29) is 59.1 Å². The molecule has 8 heteroatoms. The fourth-order valence-corrected chi connectivity index (χ4v) is 5.25. The second kappa shape index (κ2) is 45.0. The maximum Gasteiger partial charge on any atom is 1.00 e. The van der Waals surface area contributed by atoms with Gasteiger partial charge in [0.2, 0.25) is 0 Å². The number of hydrogen-bond acceptors (Lipinski definition) is 5. The molecule has 0 saturated carbocycles. The molecule has 0 spiro atoms. The van der Waals surface area contributed by atoms with E-state index in [0.717, 1.165) is 13.2 Å². The normalized spacial score (nSPS) is 11.0. The van der Waals surface area contributed by atoms with Gasteiger partial charge in [-0.15, -0.1) is 0 Å². The molecular formula is C34H70Na2O5S. The molecule has 0 aliphatic heterocycles. The molecule has 0 aromatic carbocycles. The van der Waals surface area contributed by atoms with Gasteiger partial charge in [-0.2, -0.15) is 0 Å². The van der Waals surface area contributed by atoms with Gasteiger partial charge in [0, 0.05) is 23.6 Å². The summed E-state index contributed by atoms with van der Waals surface area (Å²) in [7, 11) is -5.17. The van der Waals surface area contributed by atoms with Crippen molar-refractivity contribution in [2.45, 2.75) is 206 Å². The standard InChI is InChI=1S/C34H70O.2Na.H2O4S/c1-3-5-7-9-11-13-15-17-19-21-23-25-27-29-31-33-35-34-32-30-28-26-24-22-20-18-16-14-12-10-8-6-4-2;;;1-5(2,3)4/h3-34H2,1-2H3;;;(H2,1,2,3,4)/q;2*+1;/p-2. The number of ether oxygens (including phenoxy) is 1. The Labute approximate surface area is 308 Å². The van der Waals surface area contributed by atoms with Gasteiger partial charge in [-0.05, 0) is 12.8 Å². The molecule has 0 heterocycles. The zero-order valence-corrected chi connectivity index (χ0v) is 33.9. The monoisotopic (exact) mass is 636 g/mol. The van der Waals surface area contributed by atoms with Gasteiger partial charge in [0.15, 0.2) is 0 Å². The first-order valence-electron chi connectivity index (χ1n) is 17.7.